The molecule has 3 rings (SSSR count). The summed E-state index contributed by atoms with van der Waals surface area (Å²) in [6, 6.07) is 10.6. The molecular weight excluding hydrogens is 392 g/mol. The number of hydrogen-bond donors (Lipinski definition) is 1. The fourth-order valence-electron chi connectivity index (χ4n) is 4.28. The second-order valence-electron chi connectivity index (χ2n) is 7.96. The van der Waals surface area contributed by atoms with Crippen molar-refractivity contribution in [2.75, 3.05) is 6.54 Å². The van der Waals surface area contributed by atoms with E-state index in [2.05, 4.69) is 12.2 Å². The molecule has 1 aliphatic carbocycles. The zero-order valence-corrected chi connectivity index (χ0v) is 17.9. The first-order valence-corrected chi connectivity index (χ1v) is 10.3. The number of hydrogen-bond acceptors (Lipinski definition) is 2. The van der Waals surface area contributed by atoms with Gasteiger partial charge in [0.25, 0.3) is 0 Å². The summed E-state index contributed by atoms with van der Waals surface area (Å²) in [5.41, 5.74) is 2.86. The van der Waals surface area contributed by atoms with Crippen LogP contribution in [0.25, 0.3) is 0 Å². The van der Waals surface area contributed by atoms with Crippen LogP contribution in [0.4, 0.5) is 8.78 Å². The van der Waals surface area contributed by atoms with Crippen molar-refractivity contribution in [2.24, 2.45) is 5.92 Å². The monoisotopic (exact) mass is 421 g/mol. The number of benzene rings is 2. The van der Waals surface area contributed by atoms with Crippen LogP contribution in [0.15, 0.2) is 42.5 Å². The summed E-state index contributed by atoms with van der Waals surface area (Å²) in [4.78, 5) is 12.6. The average Bonchev–Trinajstić information content (AvgIpc) is 2.71. The Balaban J connectivity index is 0.00000300. The molecule has 0 spiro atoms. The largest absolute Gasteiger partial charge is 0.307 e. The topological polar surface area (TPSA) is 29.1 Å². The lowest BCUT2D eigenvalue weighted by Crippen LogP contribution is -2.39. The van der Waals surface area contributed by atoms with Gasteiger partial charge in [0.15, 0.2) is 5.78 Å². The molecule has 0 heterocycles. The molecule has 2 nitrogen and oxygen atoms in total. The molecule has 1 unspecified atom stereocenters. The maximum Gasteiger partial charge on any atom is 0.179 e. The quantitative estimate of drug-likeness (QED) is 0.537. The number of ketones is 1. The van der Waals surface area contributed by atoms with Crippen molar-refractivity contribution < 1.29 is 13.6 Å². The van der Waals surface area contributed by atoms with Crippen molar-refractivity contribution in [3.8, 4) is 0 Å². The Morgan fingerprint density at radius 1 is 1.03 bits per heavy atom. The van der Waals surface area contributed by atoms with Crippen LogP contribution in [0, 0.1) is 24.5 Å². The van der Waals surface area contributed by atoms with Gasteiger partial charge in [0.2, 0.25) is 0 Å². The van der Waals surface area contributed by atoms with Crippen LogP contribution < -0.4 is 5.32 Å². The minimum Gasteiger partial charge on any atom is -0.307 e. The lowest BCUT2D eigenvalue weighted by molar-refractivity contribution is 0.0936. The SMILES string of the molecule is CCC(NCC1CCC(c2cc(F)ccc2C)CC1)C(=O)c1ccc(F)cc1.Cl. The Morgan fingerprint density at radius 2 is 1.66 bits per heavy atom. The van der Waals surface area contributed by atoms with Crippen molar-refractivity contribution in [3.05, 3.63) is 70.8 Å². The van der Waals surface area contributed by atoms with Gasteiger partial charge >= 0.3 is 0 Å². The van der Waals surface area contributed by atoms with Gasteiger partial charge in [-0.3, -0.25) is 4.79 Å². The van der Waals surface area contributed by atoms with E-state index in [1.54, 1.807) is 18.2 Å². The van der Waals surface area contributed by atoms with Crippen LogP contribution >= 0.6 is 12.4 Å². The number of rotatable bonds is 7. The van der Waals surface area contributed by atoms with Crippen LogP contribution in [0.1, 0.15) is 66.4 Å². The highest BCUT2D eigenvalue weighted by Gasteiger charge is 2.25. The van der Waals surface area contributed by atoms with E-state index in [9.17, 15) is 13.6 Å². The summed E-state index contributed by atoms with van der Waals surface area (Å²) >= 11 is 0. The van der Waals surface area contributed by atoms with E-state index >= 15 is 0 Å². The number of carbonyl (C=O) groups excluding carboxylic acids is 1. The molecule has 1 aliphatic rings. The van der Waals surface area contributed by atoms with Gasteiger partial charge < -0.3 is 5.32 Å². The Morgan fingerprint density at radius 3 is 2.28 bits per heavy atom. The number of aryl methyl sites for hydroxylation is 1. The summed E-state index contributed by atoms with van der Waals surface area (Å²) in [6.07, 6.45) is 4.97. The molecule has 0 radical (unpaired) electrons. The van der Waals surface area contributed by atoms with Crippen molar-refractivity contribution >= 4 is 18.2 Å². The highest BCUT2D eigenvalue weighted by molar-refractivity contribution is 6.00. The maximum atomic E-state index is 13.6. The lowest BCUT2D eigenvalue weighted by Gasteiger charge is -2.30. The van der Waals surface area contributed by atoms with Gasteiger partial charge in [0.05, 0.1) is 6.04 Å². The van der Waals surface area contributed by atoms with Crippen LogP contribution in [0.2, 0.25) is 0 Å². The van der Waals surface area contributed by atoms with Gasteiger partial charge in [-0.25, -0.2) is 8.78 Å². The van der Waals surface area contributed by atoms with Gasteiger partial charge in [0.1, 0.15) is 11.6 Å². The molecule has 5 heteroatoms. The van der Waals surface area contributed by atoms with E-state index in [1.165, 1.54) is 23.8 Å². The zero-order valence-electron chi connectivity index (χ0n) is 17.1. The normalized spacial score (nSPS) is 20.0. The molecule has 1 saturated carbocycles. The van der Waals surface area contributed by atoms with Gasteiger partial charge in [-0.15, -0.1) is 12.4 Å². The lowest BCUT2D eigenvalue weighted by atomic mass is 9.77. The van der Waals surface area contributed by atoms with E-state index in [1.807, 2.05) is 13.0 Å². The van der Waals surface area contributed by atoms with Gasteiger partial charge in [-0.2, -0.15) is 0 Å². The molecule has 158 valence electrons. The molecule has 0 amide bonds. The molecule has 2 aromatic rings. The van der Waals surface area contributed by atoms with E-state index in [4.69, 9.17) is 0 Å². The first kappa shape index (κ1) is 23.5. The highest BCUT2D eigenvalue weighted by Crippen LogP contribution is 2.37. The summed E-state index contributed by atoms with van der Waals surface area (Å²) in [6.45, 7) is 4.85. The number of nitrogens with one attached hydrogen (secondary N) is 1. The molecule has 0 aliphatic heterocycles. The van der Waals surface area contributed by atoms with Gasteiger partial charge in [0, 0.05) is 5.56 Å². The summed E-state index contributed by atoms with van der Waals surface area (Å²) in [7, 11) is 0. The van der Waals surface area contributed by atoms with Crippen LogP contribution in [-0.4, -0.2) is 18.4 Å². The van der Waals surface area contributed by atoms with Gasteiger partial charge in [-0.05, 0) is 105 Å². The van der Waals surface area contributed by atoms with E-state index < -0.39 is 0 Å². The number of Topliss-reactive ketones (excluding diaryl/α,β-unsaturated/α-hetero) is 1. The Hall–Kier alpha value is -1.78. The maximum absolute atomic E-state index is 13.6. The van der Waals surface area contributed by atoms with E-state index in [0.29, 0.717) is 23.8 Å². The van der Waals surface area contributed by atoms with Crippen LogP contribution in [-0.2, 0) is 0 Å². The molecule has 1 fully saturated rings. The average molecular weight is 422 g/mol. The third-order valence-corrected chi connectivity index (χ3v) is 6.03. The molecule has 0 saturated heterocycles. The Kier molecular flexibility index (Phi) is 8.79. The molecule has 1 N–H and O–H groups in total. The Bertz CT molecular complexity index is 801. The first-order chi connectivity index (χ1) is 13.5. The standard InChI is InChI=1S/C24H29F2NO.ClH/c1-3-23(24(28)19-9-12-20(25)13-10-19)27-15-17-5-7-18(8-6-17)22-14-21(26)11-4-16(22)2;/h4,9-14,17-18,23,27H,3,5-8,15H2,1-2H3;1H. The Labute approximate surface area is 178 Å². The van der Waals surface area contributed by atoms with Crippen molar-refractivity contribution in [1.82, 2.24) is 5.32 Å². The first-order valence-electron chi connectivity index (χ1n) is 10.3. The predicted molar refractivity (Wildman–Crippen MR) is 116 cm³/mol. The predicted octanol–water partition coefficient (Wildman–Crippen LogP) is 6.22. The van der Waals surface area contributed by atoms with Crippen LogP contribution in [0.5, 0.6) is 0 Å². The van der Waals surface area contributed by atoms with E-state index in [0.717, 1.165) is 37.8 Å². The summed E-state index contributed by atoms with van der Waals surface area (Å²) in [5.74, 6) is 0.485. The summed E-state index contributed by atoms with van der Waals surface area (Å²) < 4.78 is 26.7. The number of halogens is 3. The molecule has 2 aromatic carbocycles. The van der Waals surface area contributed by atoms with Crippen LogP contribution in [0.3, 0.4) is 0 Å². The highest BCUT2D eigenvalue weighted by atomic mass is 35.5. The van der Waals surface area contributed by atoms with Gasteiger partial charge in [-0.1, -0.05) is 13.0 Å². The minimum atomic E-state index is -0.331. The second-order valence-corrected chi connectivity index (χ2v) is 7.96. The fraction of sp³-hybridized carbons (Fsp3) is 0.458. The molecule has 0 bridgehead atoms. The van der Waals surface area contributed by atoms with Crippen molar-refractivity contribution in [3.63, 3.8) is 0 Å². The molecular formula is C24H30ClF2NO. The molecule has 1 atom stereocenters. The zero-order chi connectivity index (χ0) is 20.1. The van der Waals surface area contributed by atoms with E-state index in [-0.39, 0.29) is 35.9 Å². The number of carbonyl (C=O) groups is 1. The molecule has 0 aromatic heterocycles. The fourth-order valence-corrected chi connectivity index (χ4v) is 4.28. The van der Waals surface area contributed by atoms with Crippen molar-refractivity contribution in [1.29, 1.82) is 0 Å². The third kappa shape index (κ3) is 6.10. The minimum absolute atomic E-state index is 0. The smallest absolute Gasteiger partial charge is 0.179 e. The molecule has 29 heavy (non-hydrogen) atoms. The van der Waals surface area contributed by atoms with Crippen molar-refractivity contribution in [2.45, 2.75) is 57.9 Å². The second kappa shape index (κ2) is 10.8. The summed E-state index contributed by atoms with van der Waals surface area (Å²) in [5, 5.41) is 3.42. The third-order valence-electron chi connectivity index (χ3n) is 6.03.